The molecule has 0 amide bonds. The molecule has 2 heteroatoms. The molecule has 1 aromatic carbocycles. The van der Waals surface area contributed by atoms with E-state index in [0.29, 0.717) is 13.0 Å². The first kappa shape index (κ1) is 19.7. The summed E-state index contributed by atoms with van der Waals surface area (Å²) in [5.74, 6) is 1.19. The Morgan fingerprint density at radius 1 is 1.04 bits per heavy atom. The molecule has 0 aromatic heterocycles. The van der Waals surface area contributed by atoms with Crippen LogP contribution in [-0.2, 0) is 15.6 Å². The zero-order chi connectivity index (χ0) is 17.7. The Hall–Kier alpha value is -1.31. The molecule has 2 nitrogen and oxygen atoms in total. The Kier molecular flexibility index (Phi) is 6.85. The first-order chi connectivity index (χ1) is 10.6. The van der Waals surface area contributed by atoms with Crippen molar-refractivity contribution in [2.75, 3.05) is 6.61 Å². The molecule has 0 saturated carbocycles. The Bertz CT molecular complexity index is 527. The van der Waals surface area contributed by atoms with Crippen LogP contribution in [0.4, 0.5) is 0 Å². The van der Waals surface area contributed by atoms with E-state index in [9.17, 15) is 4.79 Å². The fourth-order valence-corrected chi connectivity index (χ4v) is 2.50. The van der Waals surface area contributed by atoms with Crippen LogP contribution in [0.2, 0.25) is 0 Å². The Morgan fingerprint density at radius 2 is 1.65 bits per heavy atom. The number of carbonyl (C=O) groups excluding carboxylic acids is 1. The maximum atomic E-state index is 11.1. The number of ether oxygens (including phenoxy) is 1. The van der Waals surface area contributed by atoms with E-state index in [1.54, 1.807) is 6.92 Å². The highest BCUT2D eigenvalue weighted by molar-refractivity contribution is 5.75. The van der Waals surface area contributed by atoms with Gasteiger partial charge in [0.25, 0.3) is 0 Å². The predicted octanol–water partition coefficient (Wildman–Crippen LogP) is 5.81. The standard InChI is InChI=1S/C21H34O2/c1-8-20(4,5)17-12-13-19(23-14-10-11-16(3)22)18(15-17)21(6,7)9-2/h12-13,15H,8-11,14H2,1-7H3. The molecule has 0 spiro atoms. The van der Waals surface area contributed by atoms with Crippen molar-refractivity contribution in [3.05, 3.63) is 29.3 Å². The molecule has 0 atom stereocenters. The molecular weight excluding hydrogens is 284 g/mol. The fourth-order valence-electron chi connectivity index (χ4n) is 2.50. The molecule has 130 valence electrons. The van der Waals surface area contributed by atoms with Gasteiger partial charge in [0.05, 0.1) is 6.61 Å². The van der Waals surface area contributed by atoms with Crippen molar-refractivity contribution in [3.63, 3.8) is 0 Å². The molecule has 0 N–H and O–H groups in total. The summed E-state index contributed by atoms with van der Waals surface area (Å²) in [6.07, 6.45) is 3.54. The van der Waals surface area contributed by atoms with Crippen LogP contribution < -0.4 is 4.74 Å². The molecule has 23 heavy (non-hydrogen) atoms. The highest BCUT2D eigenvalue weighted by atomic mass is 16.5. The van der Waals surface area contributed by atoms with Crippen LogP contribution in [-0.4, -0.2) is 12.4 Å². The van der Waals surface area contributed by atoms with Gasteiger partial charge in [-0.15, -0.1) is 0 Å². The second kappa shape index (κ2) is 7.99. The Morgan fingerprint density at radius 3 is 2.17 bits per heavy atom. The Labute approximate surface area is 142 Å². The summed E-state index contributed by atoms with van der Waals surface area (Å²) in [7, 11) is 0. The van der Waals surface area contributed by atoms with Crippen molar-refractivity contribution < 1.29 is 9.53 Å². The van der Waals surface area contributed by atoms with E-state index >= 15 is 0 Å². The van der Waals surface area contributed by atoms with Gasteiger partial charge in [0.1, 0.15) is 11.5 Å². The van der Waals surface area contributed by atoms with Crippen molar-refractivity contribution in [2.45, 2.75) is 85.0 Å². The lowest BCUT2D eigenvalue weighted by atomic mass is 9.76. The minimum atomic E-state index is 0.0791. The van der Waals surface area contributed by atoms with Crippen LogP contribution in [0.3, 0.4) is 0 Å². The third kappa shape index (κ3) is 5.37. The maximum Gasteiger partial charge on any atom is 0.129 e. The normalized spacial score (nSPS) is 12.3. The average molecular weight is 319 g/mol. The third-order valence-electron chi connectivity index (χ3n) is 5.19. The smallest absolute Gasteiger partial charge is 0.129 e. The van der Waals surface area contributed by atoms with Gasteiger partial charge in [-0.1, -0.05) is 53.7 Å². The summed E-state index contributed by atoms with van der Waals surface area (Å²) in [6.45, 7) is 15.8. The molecule has 0 fully saturated rings. The Balaban J connectivity index is 3.07. The van der Waals surface area contributed by atoms with Crippen LogP contribution in [0.15, 0.2) is 18.2 Å². The number of benzene rings is 1. The molecule has 0 unspecified atom stereocenters. The number of hydrogen-bond donors (Lipinski definition) is 0. The molecule has 1 rings (SSSR count). The zero-order valence-corrected chi connectivity index (χ0v) is 16.1. The molecule has 0 aliphatic rings. The second-order valence-corrected chi connectivity index (χ2v) is 7.84. The lowest BCUT2D eigenvalue weighted by molar-refractivity contribution is -0.117. The van der Waals surface area contributed by atoms with Crippen LogP contribution in [0.1, 0.15) is 85.3 Å². The van der Waals surface area contributed by atoms with Gasteiger partial charge < -0.3 is 9.53 Å². The molecule has 1 aromatic rings. The van der Waals surface area contributed by atoms with Crippen LogP contribution in [0, 0.1) is 0 Å². The largest absolute Gasteiger partial charge is 0.493 e. The van der Waals surface area contributed by atoms with Crippen LogP contribution in [0.5, 0.6) is 5.75 Å². The lowest BCUT2D eigenvalue weighted by Gasteiger charge is -2.30. The van der Waals surface area contributed by atoms with Gasteiger partial charge in [0.15, 0.2) is 0 Å². The molecule has 0 aliphatic heterocycles. The lowest BCUT2D eigenvalue weighted by Crippen LogP contribution is -2.21. The van der Waals surface area contributed by atoms with Crippen molar-refractivity contribution in [1.29, 1.82) is 0 Å². The minimum Gasteiger partial charge on any atom is -0.493 e. The minimum absolute atomic E-state index is 0.0791. The van der Waals surface area contributed by atoms with E-state index in [2.05, 4.69) is 59.7 Å². The van der Waals surface area contributed by atoms with E-state index in [1.165, 1.54) is 11.1 Å². The molecule has 0 aliphatic carbocycles. The highest BCUT2D eigenvalue weighted by Crippen LogP contribution is 2.38. The number of hydrogen-bond acceptors (Lipinski definition) is 2. The van der Waals surface area contributed by atoms with Gasteiger partial charge in [0, 0.05) is 12.0 Å². The number of ketones is 1. The first-order valence-electron chi connectivity index (χ1n) is 8.91. The SMILES string of the molecule is CCC(C)(C)c1ccc(OCCCC(C)=O)c(C(C)(C)CC)c1. The molecule has 0 saturated heterocycles. The van der Waals surface area contributed by atoms with Gasteiger partial charge in [0.2, 0.25) is 0 Å². The predicted molar refractivity (Wildman–Crippen MR) is 98.5 cm³/mol. The zero-order valence-electron chi connectivity index (χ0n) is 16.1. The van der Waals surface area contributed by atoms with Crippen molar-refractivity contribution in [3.8, 4) is 5.75 Å². The monoisotopic (exact) mass is 318 g/mol. The summed E-state index contributed by atoms with van der Waals surface area (Å²) in [5, 5.41) is 0. The van der Waals surface area contributed by atoms with E-state index in [0.717, 1.165) is 25.0 Å². The van der Waals surface area contributed by atoms with E-state index < -0.39 is 0 Å². The quantitative estimate of drug-likeness (QED) is 0.537. The molecule has 0 heterocycles. The van der Waals surface area contributed by atoms with Crippen molar-refractivity contribution in [2.24, 2.45) is 0 Å². The third-order valence-corrected chi connectivity index (χ3v) is 5.19. The summed E-state index contributed by atoms with van der Waals surface area (Å²) in [5.41, 5.74) is 2.90. The topological polar surface area (TPSA) is 26.3 Å². The van der Waals surface area contributed by atoms with Gasteiger partial charge in [-0.2, -0.15) is 0 Å². The van der Waals surface area contributed by atoms with Crippen molar-refractivity contribution >= 4 is 5.78 Å². The van der Waals surface area contributed by atoms with Gasteiger partial charge in [-0.25, -0.2) is 0 Å². The highest BCUT2D eigenvalue weighted by Gasteiger charge is 2.26. The summed E-state index contributed by atoms with van der Waals surface area (Å²) >= 11 is 0. The van der Waals surface area contributed by atoms with E-state index in [1.807, 2.05) is 0 Å². The number of Topliss-reactive ketones (excluding diaryl/α,β-unsaturated/α-hetero) is 1. The van der Waals surface area contributed by atoms with Gasteiger partial charge >= 0.3 is 0 Å². The average Bonchev–Trinajstić information content (AvgIpc) is 2.51. The van der Waals surface area contributed by atoms with Gasteiger partial charge in [-0.05, 0) is 48.6 Å². The van der Waals surface area contributed by atoms with E-state index in [-0.39, 0.29) is 16.6 Å². The summed E-state index contributed by atoms with van der Waals surface area (Å²) < 4.78 is 6.02. The summed E-state index contributed by atoms with van der Waals surface area (Å²) in [6, 6.07) is 6.64. The molecule has 0 bridgehead atoms. The van der Waals surface area contributed by atoms with Crippen molar-refractivity contribution in [1.82, 2.24) is 0 Å². The first-order valence-corrected chi connectivity index (χ1v) is 8.91. The molecule has 0 radical (unpaired) electrons. The maximum absolute atomic E-state index is 11.1. The van der Waals surface area contributed by atoms with E-state index in [4.69, 9.17) is 4.74 Å². The number of rotatable bonds is 9. The van der Waals surface area contributed by atoms with Gasteiger partial charge in [-0.3, -0.25) is 0 Å². The number of carbonyl (C=O) groups is 1. The van der Waals surface area contributed by atoms with Crippen LogP contribution in [0.25, 0.3) is 0 Å². The summed E-state index contributed by atoms with van der Waals surface area (Å²) in [4.78, 5) is 11.1. The van der Waals surface area contributed by atoms with Crippen LogP contribution >= 0.6 is 0 Å². The fraction of sp³-hybridized carbons (Fsp3) is 0.667. The molecular formula is C21H34O2. The second-order valence-electron chi connectivity index (χ2n) is 7.84.